The molecule has 8 rings (SSSR count). The van der Waals surface area contributed by atoms with E-state index < -0.39 is 0 Å². The largest absolute Gasteiger partial charge is 0.309 e. The van der Waals surface area contributed by atoms with Crippen molar-refractivity contribution >= 4 is 48.5 Å². The van der Waals surface area contributed by atoms with Gasteiger partial charge in [-0.15, -0.1) is 0 Å². The molecule has 42 heavy (non-hydrogen) atoms. The summed E-state index contributed by atoms with van der Waals surface area (Å²) in [5.41, 5.74) is 10.9. The third-order valence-electron chi connectivity index (χ3n) is 8.26. The van der Waals surface area contributed by atoms with Crippen LogP contribution in [0.3, 0.4) is 0 Å². The van der Waals surface area contributed by atoms with Gasteiger partial charge in [0.2, 0.25) is 0 Å². The van der Waals surface area contributed by atoms with Crippen molar-refractivity contribution in [3.05, 3.63) is 162 Å². The van der Waals surface area contributed by atoms with Crippen molar-refractivity contribution in [3.63, 3.8) is 0 Å². The summed E-state index contributed by atoms with van der Waals surface area (Å²) in [5, 5.41) is 5.04. The molecule has 0 fully saturated rings. The predicted octanol–water partition coefficient (Wildman–Crippen LogP) is 11.7. The molecule has 8 aromatic rings. The number of hydrogen-bond donors (Lipinski definition) is 0. The molecule has 0 bridgehead atoms. The van der Waals surface area contributed by atoms with Crippen molar-refractivity contribution in [1.82, 2.24) is 4.57 Å². The van der Waals surface area contributed by atoms with Crippen LogP contribution in [0.4, 0.5) is 0 Å². The van der Waals surface area contributed by atoms with Crippen LogP contribution in [0.1, 0.15) is 0 Å². The average Bonchev–Trinajstić information content (AvgIpc) is 3.40. The Hall–Kier alpha value is -4.92. The molecule has 0 amide bonds. The minimum atomic E-state index is 1.09. The molecule has 0 atom stereocenters. The van der Waals surface area contributed by atoms with Gasteiger partial charge in [0.05, 0.1) is 11.0 Å². The lowest BCUT2D eigenvalue weighted by Crippen LogP contribution is -1.95. The molecular weight excluding hydrogens is 574 g/mol. The van der Waals surface area contributed by atoms with E-state index in [2.05, 4.69) is 178 Å². The van der Waals surface area contributed by atoms with Gasteiger partial charge < -0.3 is 4.57 Å². The zero-order valence-corrected chi connectivity index (χ0v) is 24.4. The molecular formula is C40H26BrN. The molecule has 1 heterocycles. The first-order valence-corrected chi connectivity index (χ1v) is 15.0. The average molecular weight is 601 g/mol. The Kier molecular flexibility index (Phi) is 6.01. The van der Waals surface area contributed by atoms with Crippen LogP contribution < -0.4 is 0 Å². The molecule has 0 unspecified atom stereocenters. The maximum Gasteiger partial charge on any atom is 0.0619 e. The summed E-state index contributed by atoms with van der Waals surface area (Å²) in [5.74, 6) is 0. The molecule has 0 N–H and O–H groups in total. The smallest absolute Gasteiger partial charge is 0.0619 e. The minimum Gasteiger partial charge on any atom is -0.309 e. The van der Waals surface area contributed by atoms with E-state index in [1.54, 1.807) is 0 Å². The van der Waals surface area contributed by atoms with Crippen molar-refractivity contribution in [1.29, 1.82) is 0 Å². The number of benzene rings is 7. The van der Waals surface area contributed by atoms with Crippen molar-refractivity contribution in [2.24, 2.45) is 0 Å². The Morgan fingerprint density at radius 2 is 0.952 bits per heavy atom. The van der Waals surface area contributed by atoms with E-state index in [0.717, 1.165) is 10.2 Å². The topological polar surface area (TPSA) is 4.93 Å². The number of halogens is 1. The summed E-state index contributed by atoms with van der Waals surface area (Å²) >= 11 is 3.56. The lowest BCUT2D eigenvalue weighted by Gasteiger charge is -2.12. The van der Waals surface area contributed by atoms with Gasteiger partial charge in [-0.2, -0.15) is 0 Å². The number of rotatable bonds is 4. The van der Waals surface area contributed by atoms with Crippen LogP contribution in [0, 0.1) is 0 Å². The summed E-state index contributed by atoms with van der Waals surface area (Å²) in [6, 6.07) is 57.1. The van der Waals surface area contributed by atoms with Crippen LogP contribution in [0.2, 0.25) is 0 Å². The molecule has 2 heteroatoms. The Morgan fingerprint density at radius 1 is 0.381 bits per heavy atom. The number of aromatic nitrogens is 1. The lowest BCUT2D eigenvalue weighted by atomic mass is 9.98. The normalized spacial score (nSPS) is 11.5. The molecule has 0 aliphatic rings. The van der Waals surface area contributed by atoms with Gasteiger partial charge in [-0.25, -0.2) is 0 Å². The van der Waals surface area contributed by atoms with Gasteiger partial charge in [-0.1, -0.05) is 137 Å². The monoisotopic (exact) mass is 599 g/mol. The fourth-order valence-electron chi connectivity index (χ4n) is 6.18. The van der Waals surface area contributed by atoms with Gasteiger partial charge in [-0.05, 0) is 75.2 Å². The fourth-order valence-corrected chi connectivity index (χ4v) is 6.44. The van der Waals surface area contributed by atoms with Gasteiger partial charge in [0.25, 0.3) is 0 Å². The first-order valence-electron chi connectivity index (χ1n) is 14.2. The van der Waals surface area contributed by atoms with E-state index in [1.807, 2.05) is 0 Å². The SMILES string of the molecule is Brc1ccc(-c2cccc(-c3ccc4c5ccc6ccccc6c5n(-c5ccc(-c6ccccc6)cc5)c4c3)c2)cc1. The zero-order chi connectivity index (χ0) is 28.0. The van der Waals surface area contributed by atoms with Crippen LogP contribution in [0.15, 0.2) is 162 Å². The van der Waals surface area contributed by atoms with Gasteiger partial charge in [0.15, 0.2) is 0 Å². The second-order valence-corrected chi connectivity index (χ2v) is 11.7. The van der Waals surface area contributed by atoms with Gasteiger partial charge in [-0.3, -0.25) is 0 Å². The van der Waals surface area contributed by atoms with E-state index in [0.29, 0.717) is 0 Å². The van der Waals surface area contributed by atoms with Crippen molar-refractivity contribution < 1.29 is 0 Å². The van der Waals surface area contributed by atoms with E-state index in [-0.39, 0.29) is 0 Å². The summed E-state index contributed by atoms with van der Waals surface area (Å²) in [6.07, 6.45) is 0. The molecule has 0 aliphatic heterocycles. The maximum atomic E-state index is 3.56. The molecule has 1 aromatic heterocycles. The predicted molar refractivity (Wildman–Crippen MR) is 182 cm³/mol. The van der Waals surface area contributed by atoms with Crippen LogP contribution >= 0.6 is 15.9 Å². The van der Waals surface area contributed by atoms with E-state index in [1.165, 1.54) is 66.0 Å². The van der Waals surface area contributed by atoms with Crippen LogP contribution in [0.25, 0.3) is 71.6 Å². The third kappa shape index (κ3) is 4.24. The first kappa shape index (κ1) is 24.8. The Balaban J connectivity index is 1.35. The lowest BCUT2D eigenvalue weighted by molar-refractivity contribution is 1.19. The highest BCUT2D eigenvalue weighted by molar-refractivity contribution is 9.10. The van der Waals surface area contributed by atoms with E-state index in [9.17, 15) is 0 Å². The van der Waals surface area contributed by atoms with Gasteiger partial charge in [0.1, 0.15) is 0 Å². The maximum absolute atomic E-state index is 3.56. The van der Waals surface area contributed by atoms with Gasteiger partial charge in [0, 0.05) is 26.3 Å². The number of nitrogens with zero attached hydrogens (tertiary/aromatic N) is 1. The molecule has 198 valence electrons. The summed E-state index contributed by atoms with van der Waals surface area (Å²) in [4.78, 5) is 0. The molecule has 0 saturated carbocycles. The zero-order valence-electron chi connectivity index (χ0n) is 22.8. The molecule has 0 radical (unpaired) electrons. The van der Waals surface area contributed by atoms with E-state index >= 15 is 0 Å². The van der Waals surface area contributed by atoms with Crippen LogP contribution in [-0.4, -0.2) is 4.57 Å². The summed E-state index contributed by atoms with van der Waals surface area (Å²) in [6.45, 7) is 0. The second kappa shape index (κ2) is 10.2. The highest BCUT2D eigenvalue weighted by Gasteiger charge is 2.16. The number of hydrogen-bond acceptors (Lipinski definition) is 0. The minimum absolute atomic E-state index is 1.09. The quantitative estimate of drug-likeness (QED) is 0.189. The molecule has 1 nitrogen and oxygen atoms in total. The molecule has 7 aromatic carbocycles. The Bertz CT molecular complexity index is 2220. The van der Waals surface area contributed by atoms with E-state index in [4.69, 9.17) is 0 Å². The first-order chi connectivity index (χ1) is 20.7. The highest BCUT2D eigenvalue weighted by atomic mass is 79.9. The fraction of sp³-hybridized carbons (Fsp3) is 0. The molecule has 0 spiro atoms. The summed E-state index contributed by atoms with van der Waals surface area (Å²) < 4.78 is 3.54. The van der Waals surface area contributed by atoms with Gasteiger partial charge >= 0.3 is 0 Å². The second-order valence-electron chi connectivity index (χ2n) is 10.8. The van der Waals surface area contributed by atoms with Crippen molar-refractivity contribution in [2.45, 2.75) is 0 Å². The number of fused-ring (bicyclic) bond motifs is 5. The Morgan fingerprint density at radius 3 is 1.76 bits per heavy atom. The third-order valence-corrected chi connectivity index (χ3v) is 8.79. The summed E-state index contributed by atoms with van der Waals surface area (Å²) in [7, 11) is 0. The van der Waals surface area contributed by atoms with Crippen LogP contribution in [-0.2, 0) is 0 Å². The molecule has 0 aliphatic carbocycles. The van der Waals surface area contributed by atoms with Crippen molar-refractivity contribution in [3.8, 4) is 39.1 Å². The highest BCUT2D eigenvalue weighted by Crippen LogP contribution is 2.39. The Labute approximate surface area is 253 Å². The standard InChI is InChI=1S/C40H26BrN/c41-34-19-13-29(14-20-34)31-10-6-11-32(25-31)33-18-23-37-38-24-17-30-9-4-5-12-36(30)40(38)42(39(37)26-33)35-21-15-28(16-22-35)27-7-2-1-3-8-27/h1-26H. The van der Waals surface area contributed by atoms with Crippen LogP contribution in [0.5, 0.6) is 0 Å². The van der Waals surface area contributed by atoms with Crippen molar-refractivity contribution in [2.75, 3.05) is 0 Å². The molecule has 0 saturated heterocycles.